The zero-order valence-electron chi connectivity index (χ0n) is 13.7. The first-order chi connectivity index (χ1) is 11.2. The highest BCUT2D eigenvalue weighted by atomic mass is 19.2. The van der Waals surface area contributed by atoms with E-state index in [-0.39, 0.29) is 11.6 Å². The number of hydrogen-bond donors (Lipinski definition) is 2. The van der Waals surface area contributed by atoms with Crippen molar-refractivity contribution in [2.45, 2.75) is 45.2 Å². The van der Waals surface area contributed by atoms with Crippen molar-refractivity contribution in [3.05, 3.63) is 61.8 Å². The van der Waals surface area contributed by atoms with E-state index in [0.29, 0.717) is 29.8 Å². The second kappa shape index (κ2) is 5.58. The van der Waals surface area contributed by atoms with Gasteiger partial charge in [-0.25, -0.2) is 13.6 Å². The third-order valence-corrected chi connectivity index (χ3v) is 4.58. The summed E-state index contributed by atoms with van der Waals surface area (Å²) >= 11 is 0. The van der Waals surface area contributed by atoms with Crippen LogP contribution >= 0.6 is 0 Å². The van der Waals surface area contributed by atoms with Crippen LogP contribution in [-0.2, 0) is 12.0 Å². The van der Waals surface area contributed by atoms with Crippen LogP contribution in [0.2, 0.25) is 0 Å². The number of anilines is 1. The molecule has 0 spiro atoms. The number of nitrogens with one attached hydrogen (secondary N) is 2. The minimum absolute atomic E-state index is 0.244. The van der Waals surface area contributed by atoms with Crippen LogP contribution in [0.5, 0.6) is 0 Å². The maximum Gasteiger partial charge on any atom is 0.330 e. The summed E-state index contributed by atoms with van der Waals surface area (Å²) in [5.41, 5.74) is -0.454. The van der Waals surface area contributed by atoms with Crippen molar-refractivity contribution in [2.75, 3.05) is 5.32 Å². The quantitative estimate of drug-likeness (QED) is 0.887. The average Bonchev–Trinajstić information content (AvgIpc) is 2.49. The van der Waals surface area contributed by atoms with Gasteiger partial charge in [-0.15, -0.1) is 0 Å². The van der Waals surface area contributed by atoms with Crippen molar-refractivity contribution in [2.24, 2.45) is 0 Å². The molecule has 2 aromatic rings. The fourth-order valence-corrected chi connectivity index (χ4v) is 3.16. The molecule has 3 rings (SSSR count). The molecular weight excluding hydrogens is 316 g/mol. The maximum atomic E-state index is 13.6. The van der Waals surface area contributed by atoms with E-state index in [1.807, 2.05) is 6.92 Å². The number of nitrogens with zero attached hydrogens (tertiary/aromatic N) is 1. The van der Waals surface area contributed by atoms with E-state index in [2.05, 4.69) is 10.3 Å². The van der Waals surface area contributed by atoms with Gasteiger partial charge in [-0.1, -0.05) is 6.07 Å². The van der Waals surface area contributed by atoms with Gasteiger partial charge in [0.2, 0.25) is 0 Å². The Kier molecular flexibility index (Phi) is 3.81. The molecule has 0 unspecified atom stereocenters. The molecular formula is C17H19F2N3O2. The fraction of sp³-hybridized carbons (Fsp3) is 0.412. The van der Waals surface area contributed by atoms with Crippen LogP contribution in [0.1, 0.15) is 44.4 Å². The molecule has 1 aliphatic heterocycles. The van der Waals surface area contributed by atoms with E-state index in [9.17, 15) is 18.4 Å². The molecule has 2 heterocycles. The standard InChI is InChI=1S/C17H19F2N3O2/c1-9(2)22-15(23)11-6-7-17(3,21-14(11)20-16(22)24)10-4-5-12(18)13(19)8-10/h4-5,8-9,21H,6-7H2,1-3H3,(H,20,24)/t17-/m1/s1. The van der Waals surface area contributed by atoms with E-state index in [4.69, 9.17) is 0 Å². The lowest BCUT2D eigenvalue weighted by Crippen LogP contribution is -2.45. The number of aromatic amines is 1. The van der Waals surface area contributed by atoms with Crippen molar-refractivity contribution in [1.29, 1.82) is 0 Å². The minimum atomic E-state index is -0.926. The summed E-state index contributed by atoms with van der Waals surface area (Å²) in [7, 11) is 0. The van der Waals surface area contributed by atoms with Crippen LogP contribution in [0, 0.1) is 11.6 Å². The highest BCUT2D eigenvalue weighted by molar-refractivity contribution is 5.50. The molecule has 0 saturated heterocycles. The Morgan fingerprint density at radius 3 is 2.54 bits per heavy atom. The Balaban J connectivity index is 2.07. The number of H-pyrrole nitrogens is 1. The third-order valence-electron chi connectivity index (χ3n) is 4.58. The van der Waals surface area contributed by atoms with Gasteiger partial charge in [0.25, 0.3) is 5.56 Å². The number of fused-ring (bicyclic) bond motifs is 1. The lowest BCUT2D eigenvalue weighted by Gasteiger charge is -2.37. The zero-order valence-corrected chi connectivity index (χ0v) is 13.7. The number of halogens is 2. The molecule has 1 aliphatic rings. The van der Waals surface area contributed by atoms with Crippen molar-refractivity contribution >= 4 is 5.82 Å². The molecule has 2 N–H and O–H groups in total. The lowest BCUT2D eigenvalue weighted by molar-refractivity contribution is 0.452. The van der Waals surface area contributed by atoms with Gasteiger partial charge in [-0.3, -0.25) is 14.3 Å². The summed E-state index contributed by atoms with van der Waals surface area (Å²) in [5, 5.41) is 3.13. The van der Waals surface area contributed by atoms with Gasteiger partial charge in [-0.2, -0.15) is 0 Å². The monoisotopic (exact) mass is 335 g/mol. The van der Waals surface area contributed by atoms with Gasteiger partial charge in [0.15, 0.2) is 11.6 Å². The maximum absolute atomic E-state index is 13.6. The lowest BCUT2D eigenvalue weighted by atomic mass is 9.83. The first kappa shape index (κ1) is 16.4. The summed E-state index contributed by atoms with van der Waals surface area (Å²) in [5.74, 6) is -1.49. The predicted octanol–water partition coefficient (Wildman–Crippen LogP) is 2.67. The van der Waals surface area contributed by atoms with Gasteiger partial charge in [-0.05, 0) is 51.3 Å². The van der Waals surface area contributed by atoms with E-state index in [1.54, 1.807) is 13.8 Å². The van der Waals surface area contributed by atoms with Gasteiger partial charge >= 0.3 is 5.69 Å². The Labute approximate surface area is 137 Å². The molecule has 0 amide bonds. The second-order valence-corrected chi connectivity index (χ2v) is 6.64. The van der Waals surface area contributed by atoms with Gasteiger partial charge < -0.3 is 5.32 Å². The van der Waals surface area contributed by atoms with E-state index < -0.39 is 22.9 Å². The summed E-state index contributed by atoms with van der Waals surface area (Å²) in [6.45, 7) is 5.37. The smallest absolute Gasteiger partial charge is 0.330 e. The van der Waals surface area contributed by atoms with Crippen LogP contribution in [0.15, 0.2) is 27.8 Å². The van der Waals surface area contributed by atoms with Crippen LogP contribution in [0.25, 0.3) is 0 Å². The average molecular weight is 335 g/mol. The summed E-state index contributed by atoms with van der Waals surface area (Å²) in [4.78, 5) is 27.4. The molecule has 0 radical (unpaired) electrons. The zero-order chi connectivity index (χ0) is 17.6. The molecule has 0 saturated carbocycles. The fourth-order valence-electron chi connectivity index (χ4n) is 3.16. The van der Waals surface area contributed by atoms with Crippen LogP contribution in [0.3, 0.4) is 0 Å². The highest BCUT2D eigenvalue weighted by Crippen LogP contribution is 2.35. The SMILES string of the molecule is CC(C)n1c(=O)[nH]c2c(c1=O)CC[C@](C)(c1ccc(F)c(F)c1)N2. The molecule has 0 aliphatic carbocycles. The van der Waals surface area contributed by atoms with Crippen molar-refractivity contribution in [3.8, 4) is 0 Å². The van der Waals surface area contributed by atoms with Gasteiger partial charge in [0.1, 0.15) is 5.82 Å². The van der Waals surface area contributed by atoms with E-state index in [1.165, 1.54) is 10.6 Å². The summed E-state index contributed by atoms with van der Waals surface area (Å²) in [6.07, 6.45) is 0.949. The molecule has 5 nitrogen and oxygen atoms in total. The largest absolute Gasteiger partial charge is 0.362 e. The summed E-state index contributed by atoms with van der Waals surface area (Å²) in [6, 6.07) is 3.48. The van der Waals surface area contributed by atoms with Gasteiger partial charge in [0, 0.05) is 6.04 Å². The number of hydrogen-bond acceptors (Lipinski definition) is 3. The molecule has 24 heavy (non-hydrogen) atoms. The Morgan fingerprint density at radius 1 is 1.21 bits per heavy atom. The topological polar surface area (TPSA) is 66.9 Å². The van der Waals surface area contributed by atoms with Crippen LogP contribution in [-0.4, -0.2) is 9.55 Å². The molecule has 1 atom stereocenters. The normalized spacial score (nSPS) is 19.9. The van der Waals surface area contributed by atoms with Crippen LogP contribution in [0.4, 0.5) is 14.6 Å². The number of benzene rings is 1. The van der Waals surface area contributed by atoms with Crippen LogP contribution < -0.4 is 16.6 Å². The summed E-state index contributed by atoms with van der Waals surface area (Å²) < 4.78 is 27.9. The Bertz CT molecular complexity index is 917. The minimum Gasteiger partial charge on any atom is -0.362 e. The first-order valence-electron chi connectivity index (χ1n) is 7.84. The Hall–Kier alpha value is -2.44. The first-order valence-corrected chi connectivity index (χ1v) is 7.84. The van der Waals surface area contributed by atoms with Crippen molar-refractivity contribution < 1.29 is 8.78 Å². The van der Waals surface area contributed by atoms with E-state index >= 15 is 0 Å². The van der Waals surface area contributed by atoms with E-state index in [0.717, 1.165) is 12.1 Å². The van der Waals surface area contributed by atoms with Gasteiger partial charge in [0.05, 0.1) is 11.1 Å². The third kappa shape index (κ3) is 2.53. The van der Waals surface area contributed by atoms with Crippen molar-refractivity contribution in [3.63, 3.8) is 0 Å². The number of aromatic nitrogens is 2. The highest BCUT2D eigenvalue weighted by Gasteiger charge is 2.34. The Morgan fingerprint density at radius 2 is 1.92 bits per heavy atom. The molecule has 128 valence electrons. The molecule has 0 bridgehead atoms. The number of rotatable bonds is 2. The molecule has 1 aromatic carbocycles. The van der Waals surface area contributed by atoms with Crippen molar-refractivity contribution in [1.82, 2.24) is 9.55 Å². The molecule has 7 heteroatoms. The molecule has 0 fully saturated rings. The molecule has 1 aromatic heterocycles. The predicted molar refractivity (Wildman–Crippen MR) is 87.4 cm³/mol. The second-order valence-electron chi connectivity index (χ2n) is 6.64.